The van der Waals surface area contributed by atoms with Gasteiger partial charge in [-0.15, -0.1) is 0 Å². The number of nitrogens with one attached hydrogen (secondary N) is 2. The summed E-state index contributed by atoms with van der Waals surface area (Å²) in [5.41, 5.74) is 3.06. The number of hydrogen-bond acceptors (Lipinski definition) is 4. The van der Waals surface area contributed by atoms with Gasteiger partial charge in [-0.2, -0.15) is 4.98 Å². The van der Waals surface area contributed by atoms with Crippen molar-refractivity contribution in [1.82, 2.24) is 9.97 Å². The number of anilines is 1. The summed E-state index contributed by atoms with van der Waals surface area (Å²) in [5.74, 6) is 6.04. The Kier molecular flexibility index (Phi) is 2.03. The fourth-order valence-electron chi connectivity index (χ4n) is 0.709. The molecule has 0 bridgehead atoms. The van der Waals surface area contributed by atoms with E-state index in [1.165, 1.54) is 0 Å². The number of H-pyrrole nitrogens is 1. The molecule has 5 nitrogen and oxygen atoms in total. The Labute approximate surface area is 64.0 Å². The second kappa shape index (κ2) is 2.98. The van der Waals surface area contributed by atoms with Crippen molar-refractivity contribution in [2.24, 2.45) is 10.8 Å². The quantitative estimate of drug-likeness (QED) is 0.337. The van der Waals surface area contributed by atoms with Crippen molar-refractivity contribution in [2.75, 3.05) is 5.43 Å². The highest BCUT2D eigenvalue weighted by Crippen LogP contribution is 2.17. The number of aliphatic imine (C=N–C) groups is 1. The highest BCUT2D eigenvalue weighted by Gasteiger charge is 2.02. The van der Waals surface area contributed by atoms with Gasteiger partial charge in [0.05, 0.1) is 5.69 Å². The molecule has 0 fully saturated rings. The molecule has 1 aromatic heterocycles. The minimum Gasteiger partial charge on any atom is -0.322 e. The molecule has 0 aliphatic rings. The SMILES string of the molecule is C=Cc1[nH]c(NN)nc1N=C. The lowest BCUT2D eigenvalue weighted by Crippen LogP contribution is -2.07. The van der Waals surface area contributed by atoms with Gasteiger partial charge in [-0.05, 0) is 12.8 Å². The number of nitrogens with two attached hydrogens (primary N) is 1. The molecule has 0 spiro atoms. The summed E-state index contributed by atoms with van der Waals surface area (Å²) in [6, 6.07) is 0. The Hall–Kier alpha value is -1.62. The molecule has 0 aromatic carbocycles. The van der Waals surface area contributed by atoms with Crippen LogP contribution in [-0.2, 0) is 0 Å². The van der Waals surface area contributed by atoms with Crippen LogP contribution in [0, 0.1) is 0 Å². The molecule has 0 unspecified atom stereocenters. The second-order valence-electron chi connectivity index (χ2n) is 1.83. The topological polar surface area (TPSA) is 79.1 Å². The molecule has 11 heavy (non-hydrogen) atoms. The van der Waals surface area contributed by atoms with Gasteiger partial charge in [0, 0.05) is 0 Å². The molecule has 0 radical (unpaired) electrons. The number of rotatable bonds is 3. The molecule has 0 saturated heterocycles. The molecule has 0 atom stereocenters. The molecular formula is C6H9N5. The summed E-state index contributed by atoms with van der Waals surface area (Å²) in [6.45, 7) is 6.90. The van der Waals surface area contributed by atoms with Crippen LogP contribution in [0.25, 0.3) is 6.08 Å². The van der Waals surface area contributed by atoms with E-state index in [4.69, 9.17) is 5.84 Å². The number of imidazole rings is 1. The number of nitrogens with zero attached hydrogens (tertiary/aromatic N) is 2. The summed E-state index contributed by atoms with van der Waals surface area (Å²) >= 11 is 0. The largest absolute Gasteiger partial charge is 0.322 e. The van der Waals surface area contributed by atoms with E-state index in [0.29, 0.717) is 17.5 Å². The normalized spacial score (nSPS) is 9.18. The Morgan fingerprint density at radius 3 is 2.82 bits per heavy atom. The van der Waals surface area contributed by atoms with Crippen LogP contribution in [0.15, 0.2) is 11.6 Å². The van der Waals surface area contributed by atoms with Gasteiger partial charge in [-0.25, -0.2) is 10.8 Å². The first-order valence-corrected chi connectivity index (χ1v) is 2.97. The Balaban J connectivity index is 3.11. The molecule has 4 N–H and O–H groups in total. The molecule has 58 valence electrons. The van der Waals surface area contributed by atoms with Gasteiger partial charge >= 0.3 is 0 Å². The molecule has 0 aliphatic carbocycles. The van der Waals surface area contributed by atoms with Crippen molar-refractivity contribution in [2.45, 2.75) is 0 Å². The summed E-state index contributed by atoms with van der Waals surface area (Å²) in [7, 11) is 0. The average molecular weight is 151 g/mol. The van der Waals surface area contributed by atoms with Crippen molar-refractivity contribution in [3.8, 4) is 0 Å². The highest BCUT2D eigenvalue weighted by atomic mass is 15.3. The van der Waals surface area contributed by atoms with E-state index in [-0.39, 0.29) is 0 Å². The van der Waals surface area contributed by atoms with Crippen LogP contribution in [-0.4, -0.2) is 16.7 Å². The van der Waals surface area contributed by atoms with Crippen LogP contribution in [0.5, 0.6) is 0 Å². The third-order valence-electron chi connectivity index (χ3n) is 1.20. The summed E-state index contributed by atoms with van der Waals surface area (Å²) < 4.78 is 0. The van der Waals surface area contributed by atoms with E-state index in [9.17, 15) is 0 Å². The molecular weight excluding hydrogens is 142 g/mol. The Morgan fingerprint density at radius 1 is 1.73 bits per heavy atom. The maximum atomic E-state index is 5.10. The zero-order chi connectivity index (χ0) is 8.27. The van der Waals surface area contributed by atoms with Gasteiger partial charge in [-0.3, -0.25) is 5.43 Å². The lowest BCUT2D eigenvalue weighted by atomic mass is 10.4. The van der Waals surface area contributed by atoms with E-state index in [0.717, 1.165) is 0 Å². The standard InChI is InChI=1S/C6H9N5/c1-3-4-5(8-2)10-6(9-4)11-7/h3H,1-2,7H2,(H2,9,10,11). The van der Waals surface area contributed by atoms with Crippen LogP contribution in [0.3, 0.4) is 0 Å². The Morgan fingerprint density at radius 2 is 2.45 bits per heavy atom. The van der Waals surface area contributed by atoms with Crippen molar-refractivity contribution in [1.29, 1.82) is 0 Å². The molecule has 0 saturated carbocycles. The van der Waals surface area contributed by atoms with Crippen molar-refractivity contribution in [3.63, 3.8) is 0 Å². The minimum atomic E-state index is 0.447. The average Bonchev–Trinajstić information content (AvgIpc) is 2.46. The van der Waals surface area contributed by atoms with Crippen molar-refractivity contribution >= 4 is 24.6 Å². The van der Waals surface area contributed by atoms with Crippen molar-refractivity contribution in [3.05, 3.63) is 12.3 Å². The molecule has 5 heteroatoms. The summed E-state index contributed by atoms with van der Waals surface area (Å²) in [4.78, 5) is 10.4. The van der Waals surface area contributed by atoms with Crippen LogP contribution in [0.1, 0.15) is 5.69 Å². The molecule has 0 aliphatic heterocycles. The predicted molar refractivity (Wildman–Crippen MR) is 45.7 cm³/mol. The van der Waals surface area contributed by atoms with Gasteiger partial charge in [0.2, 0.25) is 5.95 Å². The third kappa shape index (κ3) is 1.27. The number of aromatic amines is 1. The van der Waals surface area contributed by atoms with E-state index < -0.39 is 0 Å². The fourth-order valence-corrected chi connectivity index (χ4v) is 0.709. The first kappa shape index (κ1) is 7.49. The minimum absolute atomic E-state index is 0.447. The van der Waals surface area contributed by atoms with Crippen LogP contribution < -0.4 is 11.3 Å². The number of hydrogen-bond donors (Lipinski definition) is 3. The lowest BCUT2D eigenvalue weighted by molar-refractivity contribution is 1.19. The van der Waals surface area contributed by atoms with E-state index in [1.807, 2.05) is 0 Å². The van der Waals surface area contributed by atoms with Gasteiger partial charge in [0.1, 0.15) is 0 Å². The molecule has 0 amide bonds. The van der Waals surface area contributed by atoms with Gasteiger partial charge in [0.25, 0.3) is 0 Å². The van der Waals surface area contributed by atoms with Gasteiger partial charge in [0.15, 0.2) is 5.82 Å². The monoisotopic (exact) mass is 151 g/mol. The smallest absolute Gasteiger partial charge is 0.217 e. The number of aromatic nitrogens is 2. The van der Waals surface area contributed by atoms with Gasteiger partial charge < -0.3 is 4.98 Å². The van der Waals surface area contributed by atoms with Gasteiger partial charge in [-0.1, -0.05) is 6.58 Å². The van der Waals surface area contributed by atoms with Crippen LogP contribution >= 0.6 is 0 Å². The molecule has 1 rings (SSSR count). The molecule has 1 aromatic rings. The summed E-state index contributed by atoms with van der Waals surface area (Å²) in [5, 5.41) is 0. The maximum absolute atomic E-state index is 5.10. The zero-order valence-corrected chi connectivity index (χ0v) is 5.96. The second-order valence-corrected chi connectivity index (χ2v) is 1.83. The fraction of sp³-hybridized carbons (Fsp3) is 0. The Bertz CT molecular complexity index is 249. The first-order valence-electron chi connectivity index (χ1n) is 2.97. The third-order valence-corrected chi connectivity index (χ3v) is 1.20. The van der Waals surface area contributed by atoms with E-state index >= 15 is 0 Å². The maximum Gasteiger partial charge on any atom is 0.217 e. The van der Waals surface area contributed by atoms with E-state index in [2.05, 4.69) is 33.7 Å². The van der Waals surface area contributed by atoms with Crippen molar-refractivity contribution < 1.29 is 0 Å². The number of hydrazine groups is 1. The predicted octanol–water partition coefficient (Wildman–Crippen LogP) is 0.670. The molecule has 1 heterocycles. The zero-order valence-electron chi connectivity index (χ0n) is 5.96. The van der Waals surface area contributed by atoms with E-state index in [1.54, 1.807) is 6.08 Å². The van der Waals surface area contributed by atoms with Crippen LogP contribution in [0.4, 0.5) is 11.8 Å². The summed E-state index contributed by atoms with van der Waals surface area (Å²) in [6.07, 6.45) is 1.60. The van der Waals surface area contributed by atoms with Crippen LogP contribution in [0.2, 0.25) is 0 Å². The first-order chi connectivity index (χ1) is 5.31. The highest BCUT2D eigenvalue weighted by molar-refractivity contribution is 5.60. The lowest BCUT2D eigenvalue weighted by Gasteiger charge is -1.87. The number of nitrogen functional groups attached to an aromatic ring is 1.